The highest BCUT2D eigenvalue weighted by Crippen LogP contribution is 2.45. The van der Waals surface area contributed by atoms with Gasteiger partial charge in [0.15, 0.2) is 8.32 Å². The fourth-order valence-corrected chi connectivity index (χ4v) is 5.58. The number of carbonyl (C=O) groups excluding carboxylic acids is 1. The predicted molar refractivity (Wildman–Crippen MR) is 116 cm³/mol. The fraction of sp³-hybridized carbons (Fsp3) is 0.609. The Morgan fingerprint density at radius 2 is 1.89 bits per heavy atom. The van der Waals surface area contributed by atoms with Crippen LogP contribution in [0.3, 0.4) is 0 Å². The highest BCUT2D eigenvalue weighted by atomic mass is 28.4. The molecule has 1 aromatic carbocycles. The van der Waals surface area contributed by atoms with Gasteiger partial charge in [-0.15, -0.1) is 0 Å². The van der Waals surface area contributed by atoms with Crippen LogP contribution in [0.1, 0.15) is 45.6 Å². The van der Waals surface area contributed by atoms with E-state index in [0.29, 0.717) is 12.1 Å². The third-order valence-electron chi connectivity index (χ3n) is 6.78. The van der Waals surface area contributed by atoms with Gasteiger partial charge in [0.05, 0.1) is 13.2 Å². The lowest BCUT2D eigenvalue weighted by Gasteiger charge is -2.41. The van der Waals surface area contributed by atoms with Gasteiger partial charge >= 0.3 is 5.97 Å². The van der Waals surface area contributed by atoms with Crippen molar-refractivity contribution in [2.24, 2.45) is 0 Å². The van der Waals surface area contributed by atoms with Crippen molar-refractivity contribution in [1.29, 1.82) is 0 Å². The minimum absolute atomic E-state index is 0.193. The van der Waals surface area contributed by atoms with Crippen LogP contribution in [0.15, 0.2) is 42.0 Å². The number of carbonyl (C=O) groups is 1. The molecule has 2 bridgehead atoms. The molecule has 0 saturated carbocycles. The Labute approximate surface area is 171 Å². The molecule has 2 fully saturated rings. The summed E-state index contributed by atoms with van der Waals surface area (Å²) in [7, 11) is -0.404. The Hall–Kier alpha value is -1.43. The molecule has 2 saturated heterocycles. The van der Waals surface area contributed by atoms with Crippen molar-refractivity contribution >= 4 is 14.3 Å². The van der Waals surface area contributed by atoms with Crippen LogP contribution in [0.25, 0.3) is 0 Å². The van der Waals surface area contributed by atoms with E-state index in [2.05, 4.69) is 69.1 Å². The topological polar surface area (TPSA) is 38.8 Å². The number of esters is 1. The molecule has 4 nitrogen and oxygen atoms in total. The second-order valence-electron chi connectivity index (χ2n) is 9.77. The highest BCUT2D eigenvalue weighted by Gasteiger charge is 2.49. The average molecular weight is 402 g/mol. The average Bonchev–Trinajstić information content (AvgIpc) is 2.80. The van der Waals surface area contributed by atoms with Crippen LogP contribution < -0.4 is 0 Å². The van der Waals surface area contributed by atoms with Crippen LogP contribution in [0, 0.1) is 0 Å². The van der Waals surface area contributed by atoms with Crippen molar-refractivity contribution in [2.75, 3.05) is 7.11 Å². The molecule has 0 aromatic heterocycles. The van der Waals surface area contributed by atoms with E-state index in [-0.39, 0.29) is 17.1 Å². The van der Waals surface area contributed by atoms with Gasteiger partial charge in [-0.1, -0.05) is 56.7 Å². The molecule has 0 N–H and O–H groups in total. The molecule has 2 heterocycles. The normalized spacial score (nSPS) is 27.2. The van der Waals surface area contributed by atoms with Gasteiger partial charge in [-0.05, 0) is 43.0 Å². The van der Waals surface area contributed by atoms with Gasteiger partial charge in [-0.3, -0.25) is 4.90 Å². The zero-order valence-corrected chi connectivity index (χ0v) is 19.2. The van der Waals surface area contributed by atoms with Crippen LogP contribution in [0.2, 0.25) is 18.1 Å². The van der Waals surface area contributed by atoms with E-state index in [9.17, 15) is 4.79 Å². The third-order valence-corrected chi connectivity index (χ3v) is 11.3. The second-order valence-corrected chi connectivity index (χ2v) is 14.5. The van der Waals surface area contributed by atoms with Crippen molar-refractivity contribution in [3.8, 4) is 0 Å². The lowest BCUT2D eigenvalue weighted by Crippen LogP contribution is -2.48. The number of hydrogen-bond acceptors (Lipinski definition) is 4. The van der Waals surface area contributed by atoms with Crippen LogP contribution in [0.5, 0.6) is 0 Å². The van der Waals surface area contributed by atoms with Gasteiger partial charge in [0.25, 0.3) is 0 Å². The number of fused-ring (bicyclic) bond motifs is 2. The first-order valence-corrected chi connectivity index (χ1v) is 13.3. The highest BCUT2D eigenvalue weighted by molar-refractivity contribution is 6.74. The van der Waals surface area contributed by atoms with Crippen molar-refractivity contribution in [2.45, 2.75) is 82.9 Å². The number of hydrogen-bond donors (Lipinski definition) is 0. The van der Waals surface area contributed by atoms with E-state index in [0.717, 1.165) is 25.8 Å². The Morgan fingerprint density at radius 3 is 2.50 bits per heavy atom. The SMILES string of the molecule is COC(=O)/C=C1/CC2CC(O[Si](C)(C)C(C)(C)C)C(C1)N2Cc1ccccc1. The van der Waals surface area contributed by atoms with Crippen LogP contribution in [-0.4, -0.2) is 44.5 Å². The van der Waals surface area contributed by atoms with Gasteiger partial charge in [0, 0.05) is 24.7 Å². The molecule has 0 aliphatic carbocycles. The maximum absolute atomic E-state index is 11.8. The summed E-state index contributed by atoms with van der Waals surface area (Å²) in [6.07, 6.45) is 4.79. The molecule has 154 valence electrons. The Bertz CT molecular complexity index is 723. The molecule has 5 heteroatoms. The largest absolute Gasteiger partial charge is 0.466 e. The molecule has 0 spiro atoms. The maximum Gasteiger partial charge on any atom is 0.330 e. The van der Waals surface area contributed by atoms with E-state index in [4.69, 9.17) is 9.16 Å². The zero-order valence-electron chi connectivity index (χ0n) is 18.2. The predicted octanol–water partition coefficient (Wildman–Crippen LogP) is 4.91. The maximum atomic E-state index is 11.8. The molecule has 3 atom stereocenters. The summed E-state index contributed by atoms with van der Waals surface area (Å²) in [4.78, 5) is 14.4. The van der Waals surface area contributed by atoms with E-state index < -0.39 is 8.32 Å². The van der Waals surface area contributed by atoms with E-state index >= 15 is 0 Å². The smallest absolute Gasteiger partial charge is 0.330 e. The third kappa shape index (κ3) is 4.58. The van der Waals surface area contributed by atoms with Crippen LogP contribution in [-0.2, 0) is 20.5 Å². The summed E-state index contributed by atoms with van der Waals surface area (Å²) in [6, 6.07) is 11.4. The van der Waals surface area contributed by atoms with E-state index in [1.807, 2.05) is 0 Å². The van der Waals surface area contributed by atoms with Crippen molar-refractivity contribution < 1.29 is 14.0 Å². The molecule has 3 unspecified atom stereocenters. The van der Waals surface area contributed by atoms with Crippen LogP contribution >= 0.6 is 0 Å². The Balaban J connectivity index is 1.83. The van der Waals surface area contributed by atoms with Crippen molar-refractivity contribution in [3.63, 3.8) is 0 Å². The molecule has 1 aromatic rings. The summed E-state index contributed by atoms with van der Waals surface area (Å²) in [5.74, 6) is -0.243. The molecule has 2 aliphatic heterocycles. The van der Waals surface area contributed by atoms with Gasteiger partial charge in [-0.2, -0.15) is 0 Å². The standard InChI is InChI=1S/C23H35NO3Si/c1-23(2,3)28(5,6)27-21-15-19-12-18(14-22(25)26-4)13-20(21)24(19)16-17-10-8-7-9-11-17/h7-11,14,19-21H,12-13,15-16H2,1-6H3/b18-14-. The van der Waals surface area contributed by atoms with Crippen molar-refractivity contribution in [1.82, 2.24) is 4.90 Å². The van der Waals surface area contributed by atoms with Gasteiger partial charge < -0.3 is 9.16 Å². The quantitative estimate of drug-likeness (QED) is 0.399. The minimum Gasteiger partial charge on any atom is -0.466 e. The second kappa shape index (κ2) is 8.13. The van der Waals surface area contributed by atoms with Crippen molar-refractivity contribution in [3.05, 3.63) is 47.5 Å². The Kier molecular flexibility index (Phi) is 6.18. The summed E-state index contributed by atoms with van der Waals surface area (Å²) in [5.41, 5.74) is 2.54. The number of methoxy groups -OCH3 is 1. The van der Waals surface area contributed by atoms with Gasteiger partial charge in [-0.25, -0.2) is 4.79 Å². The first-order chi connectivity index (χ1) is 13.1. The minimum atomic E-state index is -1.85. The molecule has 0 amide bonds. The number of piperidine rings is 1. The molecular formula is C23H35NO3Si. The first kappa shape index (κ1) is 21.3. The van der Waals surface area contributed by atoms with Crippen LogP contribution in [0.4, 0.5) is 0 Å². The molecular weight excluding hydrogens is 366 g/mol. The molecule has 0 radical (unpaired) electrons. The Morgan fingerprint density at radius 1 is 1.21 bits per heavy atom. The summed E-state index contributed by atoms with van der Waals surface area (Å²) in [6.45, 7) is 12.5. The summed E-state index contributed by atoms with van der Waals surface area (Å²) in [5, 5.41) is 0.193. The number of rotatable bonds is 5. The lowest BCUT2D eigenvalue weighted by molar-refractivity contribution is -0.134. The first-order valence-electron chi connectivity index (χ1n) is 10.4. The molecule has 28 heavy (non-hydrogen) atoms. The van der Waals surface area contributed by atoms with Gasteiger partial charge in [0.1, 0.15) is 0 Å². The lowest BCUT2D eigenvalue weighted by atomic mass is 9.95. The number of nitrogens with zero attached hydrogens (tertiary/aromatic N) is 1. The number of ether oxygens (including phenoxy) is 1. The summed E-state index contributed by atoms with van der Waals surface area (Å²) < 4.78 is 11.7. The van der Waals surface area contributed by atoms with E-state index in [1.165, 1.54) is 18.2 Å². The van der Waals surface area contributed by atoms with E-state index in [1.54, 1.807) is 6.08 Å². The van der Waals surface area contributed by atoms with Gasteiger partial charge in [0.2, 0.25) is 0 Å². The summed E-state index contributed by atoms with van der Waals surface area (Å²) >= 11 is 0. The molecule has 2 aliphatic rings. The zero-order chi connectivity index (χ0) is 20.5. The monoisotopic (exact) mass is 401 g/mol. The fourth-order valence-electron chi connectivity index (χ4n) is 4.21. The molecule has 3 rings (SSSR count). The number of benzene rings is 1.